The molecule has 1 heterocycles. The molecule has 0 spiro atoms. The quantitative estimate of drug-likeness (QED) is 0.448. The minimum absolute atomic E-state index is 0.00405. The van der Waals surface area contributed by atoms with Crippen molar-refractivity contribution in [3.63, 3.8) is 0 Å². The minimum atomic E-state index is -0.460. The van der Waals surface area contributed by atoms with Crippen LogP contribution in [0, 0.1) is 17.0 Å². The van der Waals surface area contributed by atoms with Crippen LogP contribution in [0.3, 0.4) is 0 Å². The summed E-state index contributed by atoms with van der Waals surface area (Å²) in [6, 6.07) is 15.3. The number of thioether (sulfide) groups is 1. The molecule has 28 heavy (non-hydrogen) atoms. The fraction of sp³-hybridized carbons (Fsp3) is 0.158. The van der Waals surface area contributed by atoms with Gasteiger partial charge in [0.05, 0.1) is 22.1 Å². The van der Waals surface area contributed by atoms with E-state index < -0.39 is 4.92 Å². The van der Waals surface area contributed by atoms with Gasteiger partial charge in [-0.1, -0.05) is 23.7 Å². The second-order valence-corrected chi connectivity index (χ2v) is 7.45. The minimum Gasteiger partial charge on any atom is -0.310 e. The van der Waals surface area contributed by atoms with Gasteiger partial charge in [-0.15, -0.1) is 11.8 Å². The largest absolute Gasteiger partial charge is 0.310 e. The number of nitrogens with one attached hydrogen (secondary N) is 1. The highest BCUT2D eigenvalue weighted by molar-refractivity contribution is 7.99. The van der Waals surface area contributed by atoms with Gasteiger partial charge in [-0.3, -0.25) is 14.9 Å². The van der Waals surface area contributed by atoms with E-state index in [1.165, 1.54) is 23.9 Å². The Labute approximate surface area is 170 Å². The topological polar surface area (TPSA) is 90.1 Å². The van der Waals surface area contributed by atoms with Crippen molar-refractivity contribution in [2.24, 2.45) is 0 Å². The third-order valence-electron chi connectivity index (χ3n) is 3.80. The Morgan fingerprint density at radius 2 is 2.00 bits per heavy atom. The van der Waals surface area contributed by atoms with Gasteiger partial charge >= 0.3 is 0 Å². The number of nitro groups is 1. The number of non-ortho nitro benzene ring substituents is 1. The first-order valence-corrected chi connectivity index (χ1v) is 9.89. The summed E-state index contributed by atoms with van der Waals surface area (Å²) >= 11 is 7.44. The van der Waals surface area contributed by atoms with Crippen molar-refractivity contribution in [1.29, 1.82) is 0 Å². The van der Waals surface area contributed by atoms with Crippen molar-refractivity contribution in [2.45, 2.75) is 12.7 Å². The molecule has 1 aromatic heterocycles. The SMILES string of the molecule is Cc1cc(NC(=O)CSCc2cccc(Cl)c2)n(-c2ccc([N+](=O)[O-])cc2)n1. The van der Waals surface area contributed by atoms with Crippen LogP contribution in [0.4, 0.5) is 11.5 Å². The molecule has 9 heteroatoms. The van der Waals surface area contributed by atoms with Crippen LogP contribution in [0.2, 0.25) is 5.02 Å². The molecule has 3 aromatic rings. The summed E-state index contributed by atoms with van der Waals surface area (Å²) in [5.41, 5.74) is 2.40. The van der Waals surface area contributed by atoms with E-state index >= 15 is 0 Å². The number of anilines is 1. The molecule has 1 amide bonds. The number of aryl methyl sites for hydroxylation is 1. The molecule has 144 valence electrons. The fourth-order valence-electron chi connectivity index (χ4n) is 2.57. The Morgan fingerprint density at radius 3 is 2.68 bits per heavy atom. The monoisotopic (exact) mass is 416 g/mol. The number of hydrogen-bond acceptors (Lipinski definition) is 5. The number of nitro benzene ring substituents is 1. The Balaban J connectivity index is 1.64. The van der Waals surface area contributed by atoms with E-state index in [-0.39, 0.29) is 17.3 Å². The normalized spacial score (nSPS) is 10.6. The van der Waals surface area contributed by atoms with Crippen molar-refractivity contribution in [3.8, 4) is 5.69 Å². The molecule has 3 rings (SSSR count). The van der Waals surface area contributed by atoms with Gasteiger partial charge in [0.25, 0.3) is 5.69 Å². The number of rotatable bonds is 7. The van der Waals surface area contributed by atoms with Crippen LogP contribution in [0.15, 0.2) is 54.6 Å². The lowest BCUT2D eigenvalue weighted by Crippen LogP contribution is -2.17. The first kappa shape index (κ1) is 19.9. The predicted octanol–water partition coefficient (Wildman–Crippen LogP) is 4.61. The van der Waals surface area contributed by atoms with Crippen LogP contribution in [-0.4, -0.2) is 26.4 Å². The van der Waals surface area contributed by atoms with Crippen molar-refractivity contribution >= 4 is 40.8 Å². The summed E-state index contributed by atoms with van der Waals surface area (Å²) < 4.78 is 1.55. The maximum Gasteiger partial charge on any atom is 0.269 e. The number of halogens is 1. The fourth-order valence-corrected chi connectivity index (χ4v) is 3.56. The lowest BCUT2D eigenvalue weighted by molar-refractivity contribution is -0.384. The highest BCUT2D eigenvalue weighted by Gasteiger charge is 2.12. The molecule has 0 atom stereocenters. The molecule has 0 unspecified atom stereocenters. The molecule has 0 saturated heterocycles. The van der Waals surface area contributed by atoms with Gasteiger partial charge in [0.2, 0.25) is 5.91 Å². The first-order valence-electron chi connectivity index (χ1n) is 8.36. The van der Waals surface area contributed by atoms with Crippen molar-refractivity contribution in [2.75, 3.05) is 11.1 Å². The predicted molar refractivity (Wildman–Crippen MR) is 111 cm³/mol. The summed E-state index contributed by atoms with van der Waals surface area (Å²) in [6.45, 7) is 1.81. The highest BCUT2D eigenvalue weighted by Crippen LogP contribution is 2.21. The van der Waals surface area contributed by atoms with Crippen LogP contribution in [0.25, 0.3) is 5.69 Å². The molecule has 0 fully saturated rings. The summed E-state index contributed by atoms with van der Waals surface area (Å²) in [6.07, 6.45) is 0. The lowest BCUT2D eigenvalue weighted by Gasteiger charge is -2.09. The van der Waals surface area contributed by atoms with Crippen molar-refractivity contribution in [3.05, 3.63) is 81.0 Å². The Bertz CT molecular complexity index is 1000. The van der Waals surface area contributed by atoms with Gasteiger partial charge in [0.15, 0.2) is 0 Å². The number of aromatic nitrogens is 2. The van der Waals surface area contributed by atoms with Gasteiger partial charge in [-0.05, 0) is 36.8 Å². The van der Waals surface area contributed by atoms with E-state index in [1.54, 1.807) is 22.9 Å². The number of carbonyl (C=O) groups is 1. The molecule has 0 aliphatic carbocycles. The second kappa shape index (κ2) is 8.90. The third kappa shape index (κ3) is 5.11. The highest BCUT2D eigenvalue weighted by atomic mass is 35.5. The second-order valence-electron chi connectivity index (χ2n) is 6.03. The molecular weight excluding hydrogens is 400 g/mol. The van der Waals surface area contributed by atoms with Crippen LogP contribution in [0.5, 0.6) is 0 Å². The van der Waals surface area contributed by atoms with Crippen molar-refractivity contribution < 1.29 is 9.72 Å². The van der Waals surface area contributed by atoms with Gasteiger partial charge in [-0.2, -0.15) is 5.10 Å². The standard InChI is InChI=1S/C19H17ClN4O3S/c1-13-9-18(23(22-13)16-5-7-17(8-6-16)24(26)27)21-19(25)12-28-11-14-3-2-4-15(20)10-14/h2-10H,11-12H2,1H3,(H,21,25). The first-order chi connectivity index (χ1) is 13.4. The maximum absolute atomic E-state index is 12.3. The maximum atomic E-state index is 12.3. The average Bonchev–Trinajstić information content (AvgIpc) is 3.02. The van der Waals surface area contributed by atoms with Gasteiger partial charge in [-0.25, -0.2) is 4.68 Å². The molecule has 1 N–H and O–H groups in total. The van der Waals surface area contributed by atoms with E-state index in [2.05, 4.69) is 10.4 Å². The number of benzene rings is 2. The number of carbonyl (C=O) groups excluding carboxylic acids is 1. The van der Waals surface area contributed by atoms with Gasteiger partial charge in [0, 0.05) is 29.0 Å². The summed E-state index contributed by atoms with van der Waals surface area (Å²) in [4.78, 5) is 22.7. The number of hydrogen-bond donors (Lipinski definition) is 1. The molecule has 0 aliphatic heterocycles. The summed E-state index contributed by atoms with van der Waals surface area (Å²) in [5, 5.41) is 18.7. The van der Waals surface area contributed by atoms with Crippen LogP contribution in [0.1, 0.15) is 11.3 Å². The molecule has 0 aliphatic rings. The van der Waals surface area contributed by atoms with E-state index in [1.807, 2.05) is 31.2 Å². The molecule has 0 bridgehead atoms. The van der Waals surface area contributed by atoms with Crippen LogP contribution in [-0.2, 0) is 10.5 Å². The number of amides is 1. The smallest absolute Gasteiger partial charge is 0.269 e. The van der Waals surface area contributed by atoms with Gasteiger partial charge in [0.1, 0.15) is 5.82 Å². The van der Waals surface area contributed by atoms with Gasteiger partial charge < -0.3 is 5.32 Å². The summed E-state index contributed by atoms with van der Waals surface area (Å²) in [7, 11) is 0. The van der Waals surface area contributed by atoms with E-state index in [4.69, 9.17) is 11.6 Å². The zero-order valence-corrected chi connectivity index (χ0v) is 16.5. The Morgan fingerprint density at radius 1 is 1.25 bits per heavy atom. The summed E-state index contributed by atoms with van der Waals surface area (Å²) in [5.74, 6) is 1.31. The number of nitrogens with zero attached hydrogens (tertiary/aromatic N) is 3. The molecule has 0 radical (unpaired) electrons. The van der Waals surface area contributed by atoms with Crippen LogP contribution < -0.4 is 5.32 Å². The van der Waals surface area contributed by atoms with E-state index in [0.29, 0.717) is 22.3 Å². The Kier molecular flexibility index (Phi) is 6.33. The van der Waals surface area contributed by atoms with Crippen molar-refractivity contribution in [1.82, 2.24) is 9.78 Å². The molecule has 7 nitrogen and oxygen atoms in total. The van der Waals surface area contributed by atoms with E-state index in [9.17, 15) is 14.9 Å². The molecule has 2 aromatic carbocycles. The lowest BCUT2D eigenvalue weighted by atomic mass is 10.2. The third-order valence-corrected chi connectivity index (χ3v) is 5.03. The van der Waals surface area contributed by atoms with Crippen LogP contribution >= 0.6 is 23.4 Å². The zero-order chi connectivity index (χ0) is 20.1. The molecule has 0 saturated carbocycles. The Hall–Kier alpha value is -2.84. The zero-order valence-electron chi connectivity index (χ0n) is 15.0. The van der Waals surface area contributed by atoms with E-state index in [0.717, 1.165) is 11.3 Å². The molecular formula is C19H17ClN4O3S. The average molecular weight is 417 g/mol.